The smallest absolute Gasteiger partial charge is 0.410 e. The van der Waals surface area contributed by atoms with Gasteiger partial charge in [0.2, 0.25) is 5.88 Å². The first-order chi connectivity index (χ1) is 18.7. The highest BCUT2D eigenvalue weighted by Crippen LogP contribution is 2.31. The molecular weight excluding hydrogens is 522 g/mol. The van der Waals surface area contributed by atoms with Crippen molar-refractivity contribution in [2.75, 3.05) is 31.6 Å². The number of pyridine rings is 1. The molecule has 3 aromatic rings. The minimum atomic E-state index is -0.541. The minimum Gasteiger partial charge on any atom is -0.489 e. The zero-order valence-corrected chi connectivity index (χ0v) is 23.2. The molecule has 10 nitrogen and oxygen atoms in total. The topological polar surface area (TPSA) is 108 Å². The van der Waals surface area contributed by atoms with Gasteiger partial charge in [-0.25, -0.2) is 19.7 Å². The van der Waals surface area contributed by atoms with Crippen LogP contribution in [0.3, 0.4) is 0 Å². The van der Waals surface area contributed by atoms with Crippen LogP contribution >= 0.6 is 11.6 Å². The number of benzene rings is 1. The molecule has 5 rings (SSSR count). The summed E-state index contributed by atoms with van der Waals surface area (Å²) in [5, 5.41) is 3.77. The molecule has 1 aromatic carbocycles. The Bertz CT molecular complexity index is 1310. The van der Waals surface area contributed by atoms with E-state index in [0.29, 0.717) is 59.6 Å². The predicted octanol–water partition coefficient (Wildman–Crippen LogP) is 5.76. The third-order valence-electron chi connectivity index (χ3n) is 6.43. The van der Waals surface area contributed by atoms with Crippen LogP contribution in [0.5, 0.6) is 11.6 Å². The van der Waals surface area contributed by atoms with Crippen LogP contribution in [-0.4, -0.2) is 70.1 Å². The van der Waals surface area contributed by atoms with Crippen molar-refractivity contribution >= 4 is 40.2 Å². The molecule has 1 unspecified atom stereocenters. The number of nitrogens with zero attached hydrogens (tertiary/aromatic N) is 4. The minimum absolute atomic E-state index is 0.104. The maximum absolute atomic E-state index is 12.4. The standard InChI is InChI=1S/C28H34ClN5O5/c1-28(2,3)39-27(35)34-12-11-19(15-34)38-24-10-8-22-25(33-24)26(31-17-30-22)32-18-7-9-23(21(29)14-18)37-16-20-6-4-5-13-36-20/h7-10,14,17,19-20H,4-6,11-13,15-16H2,1-3H3,(H,30,31,32)/t19-,20?/m0/s1. The Labute approximate surface area is 233 Å². The van der Waals surface area contributed by atoms with Crippen molar-refractivity contribution in [1.82, 2.24) is 19.9 Å². The molecular formula is C28H34ClN5O5. The molecule has 2 atom stereocenters. The number of nitrogens with one attached hydrogen (secondary N) is 1. The van der Waals surface area contributed by atoms with E-state index in [9.17, 15) is 4.79 Å². The first-order valence-electron chi connectivity index (χ1n) is 13.3. The lowest BCUT2D eigenvalue weighted by molar-refractivity contribution is -0.0110. The SMILES string of the molecule is CC(C)(C)OC(=O)N1CC[C@H](Oc2ccc3ncnc(Nc4ccc(OCC5CCCCO5)c(Cl)c4)c3n2)C1. The number of ether oxygens (including phenoxy) is 4. The quantitative estimate of drug-likeness (QED) is 0.389. The second-order valence-corrected chi connectivity index (χ2v) is 11.2. The first kappa shape index (κ1) is 27.2. The van der Waals surface area contributed by atoms with E-state index < -0.39 is 5.60 Å². The van der Waals surface area contributed by atoms with E-state index in [-0.39, 0.29) is 18.3 Å². The highest BCUT2D eigenvalue weighted by Gasteiger charge is 2.31. The van der Waals surface area contributed by atoms with Gasteiger partial charge in [0.05, 0.1) is 23.2 Å². The summed E-state index contributed by atoms with van der Waals surface area (Å²) in [6, 6.07) is 9.10. The maximum Gasteiger partial charge on any atom is 0.410 e. The Morgan fingerprint density at radius 1 is 1.18 bits per heavy atom. The summed E-state index contributed by atoms with van der Waals surface area (Å²) < 4.78 is 23.2. The van der Waals surface area contributed by atoms with Gasteiger partial charge in [-0.3, -0.25) is 0 Å². The molecule has 0 spiro atoms. The number of amides is 1. The third-order valence-corrected chi connectivity index (χ3v) is 6.73. The Morgan fingerprint density at radius 2 is 2.05 bits per heavy atom. The number of hydrogen-bond acceptors (Lipinski definition) is 9. The molecule has 2 fully saturated rings. The van der Waals surface area contributed by atoms with Crippen molar-refractivity contribution in [1.29, 1.82) is 0 Å². The fourth-order valence-electron chi connectivity index (χ4n) is 4.52. The number of rotatable bonds is 7. The maximum atomic E-state index is 12.4. The molecule has 11 heteroatoms. The van der Waals surface area contributed by atoms with Crippen molar-refractivity contribution in [2.45, 2.75) is 64.3 Å². The Morgan fingerprint density at radius 3 is 2.82 bits per heavy atom. The lowest BCUT2D eigenvalue weighted by atomic mass is 10.1. The van der Waals surface area contributed by atoms with Crippen LogP contribution in [0, 0.1) is 0 Å². The average molecular weight is 556 g/mol. The molecule has 1 N–H and O–H groups in total. The van der Waals surface area contributed by atoms with Crippen LogP contribution in [0.2, 0.25) is 5.02 Å². The molecule has 2 aliphatic rings. The van der Waals surface area contributed by atoms with Gasteiger partial charge in [-0.05, 0) is 64.3 Å². The van der Waals surface area contributed by atoms with Gasteiger partial charge in [0.15, 0.2) is 5.82 Å². The van der Waals surface area contributed by atoms with Gasteiger partial charge in [0.1, 0.15) is 35.9 Å². The van der Waals surface area contributed by atoms with Crippen molar-refractivity contribution in [2.24, 2.45) is 0 Å². The van der Waals surface area contributed by atoms with Crippen molar-refractivity contribution in [3.8, 4) is 11.6 Å². The number of likely N-dealkylation sites (tertiary alicyclic amines) is 1. The molecule has 39 heavy (non-hydrogen) atoms. The normalized spacial score (nSPS) is 19.6. The second kappa shape index (κ2) is 11.8. The summed E-state index contributed by atoms with van der Waals surface area (Å²) >= 11 is 6.51. The van der Waals surface area contributed by atoms with E-state index in [1.165, 1.54) is 6.33 Å². The average Bonchev–Trinajstić information content (AvgIpc) is 3.37. The lowest BCUT2D eigenvalue weighted by Gasteiger charge is -2.24. The van der Waals surface area contributed by atoms with Crippen LogP contribution in [0.15, 0.2) is 36.7 Å². The van der Waals surface area contributed by atoms with Gasteiger partial charge in [-0.15, -0.1) is 0 Å². The zero-order chi connectivity index (χ0) is 27.4. The van der Waals surface area contributed by atoms with Crippen LogP contribution < -0.4 is 14.8 Å². The first-order valence-corrected chi connectivity index (χ1v) is 13.7. The predicted molar refractivity (Wildman–Crippen MR) is 148 cm³/mol. The molecule has 2 aliphatic heterocycles. The van der Waals surface area contributed by atoms with E-state index in [1.54, 1.807) is 17.0 Å². The summed E-state index contributed by atoms with van der Waals surface area (Å²) in [6.07, 6.45) is 5.01. The van der Waals surface area contributed by atoms with Crippen LogP contribution in [0.25, 0.3) is 11.0 Å². The van der Waals surface area contributed by atoms with Crippen LogP contribution in [-0.2, 0) is 9.47 Å². The highest BCUT2D eigenvalue weighted by molar-refractivity contribution is 6.32. The molecule has 1 amide bonds. The fourth-order valence-corrected chi connectivity index (χ4v) is 4.76. The lowest BCUT2D eigenvalue weighted by Crippen LogP contribution is -2.36. The van der Waals surface area contributed by atoms with E-state index >= 15 is 0 Å². The van der Waals surface area contributed by atoms with Gasteiger partial charge in [-0.2, -0.15) is 0 Å². The largest absolute Gasteiger partial charge is 0.489 e. The summed E-state index contributed by atoms with van der Waals surface area (Å²) in [5.74, 6) is 1.56. The molecule has 0 aliphatic carbocycles. The van der Waals surface area contributed by atoms with Gasteiger partial charge in [0, 0.05) is 31.3 Å². The monoisotopic (exact) mass is 555 g/mol. The van der Waals surface area contributed by atoms with Crippen LogP contribution in [0.4, 0.5) is 16.3 Å². The number of halogens is 1. The fraction of sp³-hybridized carbons (Fsp3) is 0.500. The molecule has 2 aromatic heterocycles. The van der Waals surface area contributed by atoms with E-state index in [4.69, 9.17) is 30.5 Å². The number of fused-ring (bicyclic) bond motifs is 1. The number of carbonyl (C=O) groups is 1. The second-order valence-electron chi connectivity index (χ2n) is 10.8. The van der Waals surface area contributed by atoms with Crippen LogP contribution in [0.1, 0.15) is 46.5 Å². The van der Waals surface area contributed by atoms with Crippen molar-refractivity contribution in [3.05, 3.63) is 41.7 Å². The Balaban J connectivity index is 1.24. The molecule has 2 saturated heterocycles. The molecule has 4 heterocycles. The van der Waals surface area contributed by atoms with Gasteiger partial charge in [0.25, 0.3) is 0 Å². The molecule has 0 saturated carbocycles. The number of anilines is 2. The van der Waals surface area contributed by atoms with Gasteiger partial charge in [-0.1, -0.05) is 11.6 Å². The highest BCUT2D eigenvalue weighted by atomic mass is 35.5. The zero-order valence-electron chi connectivity index (χ0n) is 22.5. The van der Waals surface area contributed by atoms with E-state index in [0.717, 1.165) is 31.6 Å². The summed E-state index contributed by atoms with van der Waals surface area (Å²) in [7, 11) is 0. The molecule has 208 valence electrons. The third kappa shape index (κ3) is 7.19. The number of aromatic nitrogens is 3. The molecule has 0 radical (unpaired) electrons. The summed E-state index contributed by atoms with van der Waals surface area (Å²) in [6.45, 7) is 7.82. The number of carbonyl (C=O) groups excluding carboxylic acids is 1. The van der Waals surface area contributed by atoms with Crippen molar-refractivity contribution in [3.63, 3.8) is 0 Å². The van der Waals surface area contributed by atoms with E-state index in [1.807, 2.05) is 39.0 Å². The van der Waals surface area contributed by atoms with Crippen molar-refractivity contribution < 1.29 is 23.7 Å². The molecule has 0 bridgehead atoms. The number of hydrogen-bond donors (Lipinski definition) is 1. The van der Waals surface area contributed by atoms with E-state index in [2.05, 4.69) is 20.3 Å². The van der Waals surface area contributed by atoms with Gasteiger partial charge >= 0.3 is 6.09 Å². The summed E-state index contributed by atoms with van der Waals surface area (Å²) in [4.78, 5) is 27.4. The van der Waals surface area contributed by atoms with Gasteiger partial charge < -0.3 is 29.2 Å². The Kier molecular flexibility index (Phi) is 8.23. The summed E-state index contributed by atoms with van der Waals surface area (Å²) in [5.41, 5.74) is 1.42. The Hall–Kier alpha value is -3.37.